The molecule has 0 bridgehead atoms. The fourth-order valence-electron chi connectivity index (χ4n) is 1.52. The molecule has 0 spiro atoms. The summed E-state index contributed by atoms with van der Waals surface area (Å²) in [5.41, 5.74) is 3.52. The maximum Gasteiger partial charge on any atom is 0.240 e. The monoisotopic (exact) mass is 271 g/mol. The van der Waals surface area contributed by atoms with Crippen LogP contribution in [0.25, 0.3) is 0 Å². The first-order valence-corrected chi connectivity index (χ1v) is 5.73. The number of nitrogens with zero attached hydrogens (tertiary/aromatic N) is 3. The highest BCUT2D eigenvalue weighted by Crippen LogP contribution is 2.28. The van der Waals surface area contributed by atoms with E-state index < -0.39 is 0 Å². The normalized spacial score (nSPS) is 9.70. The molecule has 7 heteroatoms. The number of aryl methyl sites for hydroxylation is 1. The molecule has 2 rings (SSSR count). The maximum atomic E-state index is 8.97. The lowest BCUT2D eigenvalue weighted by molar-refractivity contribution is 0.406. The molecule has 3 N–H and O–H groups in total. The van der Waals surface area contributed by atoms with Crippen LogP contribution in [0.5, 0.6) is 17.4 Å². The van der Waals surface area contributed by atoms with Crippen molar-refractivity contribution in [1.29, 1.82) is 5.26 Å². The third-order valence-electron chi connectivity index (χ3n) is 2.51. The van der Waals surface area contributed by atoms with Crippen molar-refractivity contribution in [3.8, 4) is 23.4 Å². The number of nitrogens with two attached hydrogens (primary N) is 1. The van der Waals surface area contributed by atoms with Crippen LogP contribution in [-0.4, -0.2) is 17.1 Å². The second kappa shape index (κ2) is 5.86. The zero-order chi connectivity index (χ0) is 14.5. The molecule has 0 saturated heterocycles. The maximum absolute atomic E-state index is 8.97. The first kappa shape index (κ1) is 13.6. The Bertz CT molecular complexity index is 666. The molecule has 1 aromatic heterocycles. The molecule has 0 saturated carbocycles. The van der Waals surface area contributed by atoms with E-state index in [4.69, 9.17) is 20.6 Å². The number of benzene rings is 1. The van der Waals surface area contributed by atoms with Gasteiger partial charge in [-0.15, -0.1) is 0 Å². The van der Waals surface area contributed by atoms with Gasteiger partial charge in [-0.25, -0.2) is 10.8 Å². The van der Waals surface area contributed by atoms with E-state index in [-0.39, 0.29) is 5.95 Å². The Morgan fingerprint density at radius 3 is 2.70 bits per heavy atom. The summed E-state index contributed by atoms with van der Waals surface area (Å²) in [7, 11) is 1.52. The molecular weight excluding hydrogens is 258 g/mol. The van der Waals surface area contributed by atoms with Crippen LogP contribution in [0, 0.1) is 18.3 Å². The number of nitrogen functional groups attached to an aromatic ring is 1. The van der Waals surface area contributed by atoms with E-state index in [9.17, 15) is 0 Å². The van der Waals surface area contributed by atoms with E-state index in [0.717, 1.165) is 5.56 Å². The van der Waals surface area contributed by atoms with Crippen LogP contribution in [-0.2, 0) is 0 Å². The first-order chi connectivity index (χ1) is 9.66. The highest BCUT2D eigenvalue weighted by Gasteiger charge is 2.08. The van der Waals surface area contributed by atoms with E-state index in [1.807, 2.05) is 6.07 Å². The predicted octanol–water partition coefficient (Wildman–Crippen LogP) is 1.74. The quantitative estimate of drug-likeness (QED) is 0.644. The minimum atomic E-state index is 0.244. The summed E-state index contributed by atoms with van der Waals surface area (Å²) < 4.78 is 10.8. The number of nitrogens with one attached hydrogen (secondary N) is 1. The number of rotatable bonds is 4. The van der Waals surface area contributed by atoms with Crippen LogP contribution >= 0.6 is 0 Å². The van der Waals surface area contributed by atoms with E-state index in [1.54, 1.807) is 31.3 Å². The topological polar surface area (TPSA) is 106 Å². The fourth-order valence-corrected chi connectivity index (χ4v) is 1.52. The number of ether oxygens (including phenoxy) is 2. The summed E-state index contributed by atoms with van der Waals surface area (Å²) in [5, 5.41) is 8.97. The average molecular weight is 271 g/mol. The van der Waals surface area contributed by atoms with E-state index in [2.05, 4.69) is 15.4 Å². The van der Waals surface area contributed by atoms with Gasteiger partial charge in [-0.05, 0) is 19.1 Å². The molecular formula is C13H13N5O2. The van der Waals surface area contributed by atoms with Crippen molar-refractivity contribution >= 4 is 5.95 Å². The van der Waals surface area contributed by atoms with Crippen LogP contribution in [0.2, 0.25) is 0 Å². The summed E-state index contributed by atoms with van der Waals surface area (Å²) in [6.07, 6.45) is 1.59. The molecule has 0 unspecified atom stereocenters. The summed E-state index contributed by atoms with van der Waals surface area (Å²) in [4.78, 5) is 8.07. The number of hydrogen-bond donors (Lipinski definition) is 2. The zero-order valence-electron chi connectivity index (χ0n) is 11.0. The minimum Gasteiger partial charge on any atom is -0.497 e. The number of hydrogen-bond acceptors (Lipinski definition) is 7. The van der Waals surface area contributed by atoms with Crippen LogP contribution in [0.4, 0.5) is 5.95 Å². The second-order valence-electron chi connectivity index (χ2n) is 3.94. The molecule has 7 nitrogen and oxygen atoms in total. The minimum absolute atomic E-state index is 0.244. The van der Waals surface area contributed by atoms with Gasteiger partial charge in [0.2, 0.25) is 11.8 Å². The Morgan fingerprint density at radius 2 is 2.05 bits per heavy atom. The molecule has 0 amide bonds. The van der Waals surface area contributed by atoms with Crippen molar-refractivity contribution in [2.45, 2.75) is 6.92 Å². The van der Waals surface area contributed by atoms with Gasteiger partial charge in [0.25, 0.3) is 0 Å². The molecule has 0 atom stereocenters. The molecule has 0 aliphatic carbocycles. The molecule has 1 aromatic carbocycles. The molecule has 0 aliphatic rings. The molecule has 102 valence electrons. The highest BCUT2D eigenvalue weighted by atomic mass is 16.5. The van der Waals surface area contributed by atoms with Crippen LogP contribution in [0.3, 0.4) is 0 Å². The smallest absolute Gasteiger partial charge is 0.240 e. The summed E-state index contributed by atoms with van der Waals surface area (Å²) in [6, 6.07) is 6.92. The van der Waals surface area contributed by atoms with Gasteiger partial charge < -0.3 is 9.47 Å². The molecule has 1 heterocycles. The van der Waals surface area contributed by atoms with Crippen LogP contribution in [0.1, 0.15) is 11.1 Å². The standard InChI is InChI=1S/C13H13N5O2/c1-8-7-16-13(18-15)17-12(8)20-11-4-9(6-14)3-10(5-11)19-2/h3-5,7H,15H2,1-2H3,(H,16,17,18). The molecule has 0 fully saturated rings. The van der Waals surface area contributed by atoms with Crippen LogP contribution in [0.15, 0.2) is 24.4 Å². The Kier molecular flexibility index (Phi) is 3.98. The molecule has 20 heavy (non-hydrogen) atoms. The number of hydrazine groups is 1. The van der Waals surface area contributed by atoms with Crippen molar-refractivity contribution < 1.29 is 9.47 Å². The third kappa shape index (κ3) is 2.93. The predicted molar refractivity (Wildman–Crippen MR) is 72.4 cm³/mol. The Labute approximate surface area is 116 Å². The average Bonchev–Trinajstić information content (AvgIpc) is 2.49. The van der Waals surface area contributed by atoms with Gasteiger partial charge in [0, 0.05) is 17.8 Å². The van der Waals surface area contributed by atoms with Gasteiger partial charge in [-0.1, -0.05) is 0 Å². The zero-order valence-corrected chi connectivity index (χ0v) is 11.0. The van der Waals surface area contributed by atoms with Gasteiger partial charge in [0.05, 0.1) is 18.7 Å². The van der Waals surface area contributed by atoms with Crippen molar-refractivity contribution in [3.05, 3.63) is 35.5 Å². The van der Waals surface area contributed by atoms with E-state index in [1.165, 1.54) is 7.11 Å². The summed E-state index contributed by atoms with van der Waals surface area (Å²) in [5.74, 6) is 6.84. The molecule has 0 radical (unpaired) electrons. The summed E-state index contributed by atoms with van der Waals surface area (Å²) >= 11 is 0. The first-order valence-electron chi connectivity index (χ1n) is 5.73. The lowest BCUT2D eigenvalue weighted by atomic mass is 10.2. The van der Waals surface area contributed by atoms with Gasteiger partial charge >= 0.3 is 0 Å². The molecule has 2 aromatic rings. The van der Waals surface area contributed by atoms with Gasteiger partial charge in [0.15, 0.2) is 0 Å². The van der Waals surface area contributed by atoms with Crippen molar-refractivity contribution in [3.63, 3.8) is 0 Å². The number of nitriles is 1. The summed E-state index contributed by atoms with van der Waals surface area (Å²) in [6.45, 7) is 1.81. The molecule has 0 aliphatic heterocycles. The lowest BCUT2D eigenvalue weighted by Gasteiger charge is -2.10. The number of aromatic nitrogens is 2. The Morgan fingerprint density at radius 1 is 1.30 bits per heavy atom. The van der Waals surface area contributed by atoms with Gasteiger partial charge in [-0.3, -0.25) is 5.43 Å². The van der Waals surface area contributed by atoms with Crippen molar-refractivity contribution in [2.24, 2.45) is 5.84 Å². The lowest BCUT2D eigenvalue weighted by Crippen LogP contribution is -2.11. The third-order valence-corrected chi connectivity index (χ3v) is 2.51. The van der Waals surface area contributed by atoms with E-state index >= 15 is 0 Å². The highest BCUT2D eigenvalue weighted by molar-refractivity contribution is 5.45. The van der Waals surface area contributed by atoms with Crippen molar-refractivity contribution in [2.75, 3.05) is 12.5 Å². The van der Waals surface area contributed by atoms with Gasteiger partial charge in [0.1, 0.15) is 11.5 Å². The second-order valence-corrected chi connectivity index (χ2v) is 3.94. The Balaban J connectivity index is 2.37. The van der Waals surface area contributed by atoms with Crippen molar-refractivity contribution in [1.82, 2.24) is 9.97 Å². The van der Waals surface area contributed by atoms with Crippen LogP contribution < -0.4 is 20.7 Å². The Hall–Kier alpha value is -2.85. The van der Waals surface area contributed by atoms with E-state index in [0.29, 0.717) is 22.9 Å². The fraction of sp³-hybridized carbons (Fsp3) is 0.154. The SMILES string of the molecule is COc1cc(C#N)cc(Oc2nc(NN)ncc2C)c1. The van der Waals surface area contributed by atoms with Gasteiger partial charge in [-0.2, -0.15) is 10.2 Å². The number of methoxy groups -OCH3 is 1. The largest absolute Gasteiger partial charge is 0.497 e. The number of anilines is 1.